The Morgan fingerprint density at radius 1 is 1.04 bits per heavy atom. The van der Waals surface area contributed by atoms with Crippen LogP contribution in [0.1, 0.15) is 17.3 Å². The normalized spacial score (nSPS) is 16.2. The van der Waals surface area contributed by atoms with E-state index in [4.69, 9.17) is 8.94 Å². The number of halogens is 1. The summed E-state index contributed by atoms with van der Waals surface area (Å²) in [5.74, 6) is 2.12. The first kappa shape index (κ1) is 17.4. The third-order valence-corrected chi connectivity index (χ3v) is 5.14. The molecule has 7 nitrogen and oxygen atoms in total. The maximum Gasteiger partial charge on any atom is 0.248 e. The van der Waals surface area contributed by atoms with Crippen LogP contribution in [0.2, 0.25) is 0 Å². The Balaban J connectivity index is 1.31. The molecule has 0 amide bonds. The molecular formula is C18H20BrN5O2. The number of nitrogens with zero attached hydrogens (tertiary/aromatic N) is 5. The van der Waals surface area contributed by atoms with E-state index in [9.17, 15) is 0 Å². The second-order valence-corrected chi connectivity index (χ2v) is 7.32. The van der Waals surface area contributed by atoms with E-state index in [-0.39, 0.29) is 0 Å². The maximum absolute atomic E-state index is 5.85. The van der Waals surface area contributed by atoms with E-state index in [1.165, 1.54) is 0 Å². The fraction of sp³-hybridized carbons (Fsp3) is 0.389. The third-order valence-electron chi connectivity index (χ3n) is 4.45. The van der Waals surface area contributed by atoms with Gasteiger partial charge in [-0.2, -0.15) is 0 Å². The Bertz CT molecular complexity index is 870. The molecule has 1 saturated heterocycles. The molecule has 0 aliphatic carbocycles. The first-order chi connectivity index (χ1) is 12.7. The van der Waals surface area contributed by atoms with Gasteiger partial charge in [0.2, 0.25) is 11.8 Å². The average molecular weight is 418 g/mol. The van der Waals surface area contributed by atoms with Crippen molar-refractivity contribution in [3.05, 3.63) is 52.1 Å². The number of hydrogen-bond donors (Lipinski definition) is 0. The van der Waals surface area contributed by atoms with Crippen LogP contribution >= 0.6 is 15.9 Å². The van der Waals surface area contributed by atoms with Crippen molar-refractivity contribution < 1.29 is 8.94 Å². The highest BCUT2D eigenvalue weighted by molar-refractivity contribution is 9.10. The molecule has 0 spiro atoms. The van der Waals surface area contributed by atoms with E-state index in [2.05, 4.69) is 41.1 Å². The van der Waals surface area contributed by atoms with Crippen LogP contribution in [0.5, 0.6) is 0 Å². The molecule has 0 N–H and O–H groups in total. The molecule has 2 aromatic heterocycles. The average Bonchev–Trinajstić information content (AvgIpc) is 3.26. The van der Waals surface area contributed by atoms with E-state index < -0.39 is 0 Å². The van der Waals surface area contributed by atoms with Gasteiger partial charge < -0.3 is 8.94 Å². The van der Waals surface area contributed by atoms with E-state index in [0.29, 0.717) is 18.3 Å². The Labute approximate surface area is 160 Å². The molecule has 3 aromatic rings. The number of rotatable bonds is 5. The topological polar surface area (TPSA) is 71.4 Å². The number of benzene rings is 1. The number of aryl methyl sites for hydroxylation is 1. The minimum atomic E-state index is 0.548. The number of piperazine rings is 1. The zero-order chi connectivity index (χ0) is 17.9. The molecule has 3 heterocycles. The first-order valence-electron chi connectivity index (χ1n) is 8.61. The van der Waals surface area contributed by atoms with Gasteiger partial charge in [-0.05, 0) is 35.0 Å². The molecule has 0 unspecified atom stereocenters. The molecule has 0 radical (unpaired) electrons. The van der Waals surface area contributed by atoms with Crippen LogP contribution in [0.15, 0.2) is 43.7 Å². The summed E-state index contributed by atoms with van der Waals surface area (Å²) >= 11 is 3.52. The molecule has 1 fully saturated rings. The maximum atomic E-state index is 5.85. The molecule has 26 heavy (non-hydrogen) atoms. The Hall–Kier alpha value is -2.03. The van der Waals surface area contributed by atoms with Gasteiger partial charge in [-0.25, -0.2) is 0 Å². The van der Waals surface area contributed by atoms with Gasteiger partial charge in [0.05, 0.1) is 24.3 Å². The van der Waals surface area contributed by atoms with Gasteiger partial charge in [0.1, 0.15) is 0 Å². The number of hydrogen-bond acceptors (Lipinski definition) is 7. The summed E-state index contributed by atoms with van der Waals surface area (Å²) in [6.45, 7) is 7.29. The lowest BCUT2D eigenvalue weighted by Crippen LogP contribution is -2.45. The quantitative estimate of drug-likeness (QED) is 0.631. The van der Waals surface area contributed by atoms with Crippen molar-refractivity contribution >= 4 is 15.9 Å². The standard InChI is InChI=1S/C18H20BrN5O2/c1-13-10-14(26-22-13)11-23-6-8-24(9-7-23)12-17-20-21-18(25-17)15-4-2-3-5-16(15)19/h2-5,10H,6-9,11-12H2,1H3. The van der Waals surface area contributed by atoms with Crippen LogP contribution in [0.25, 0.3) is 11.5 Å². The van der Waals surface area contributed by atoms with Crippen molar-refractivity contribution in [1.82, 2.24) is 25.2 Å². The SMILES string of the molecule is Cc1cc(CN2CCN(Cc3nnc(-c4ccccc4Br)o3)CC2)on1. The molecule has 1 aliphatic rings. The summed E-state index contributed by atoms with van der Waals surface area (Å²) in [6, 6.07) is 9.84. The van der Waals surface area contributed by atoms with Crippen molar-refractivity contribution in [1.29, 1.82) is 0 Å². The van der Waals surface area contributed by atoms with Gasteiger partial charge in [-0.15, -0.1) is 10.2 Å². The summed E-state index contributed by atoms with van der Waals surface area (Å²) in [5.41, 5.74) is 1.84. The molecule has 136 valence electrons. The second-order valence-electron chi connectivity index (χ2n) is 6.47. The zero-order valence-electron chi connectivity index (χ0n) is 14.6. The molecule has 4 rings (SSSR count). The first-order valence-corrected chi connectivity index (χ1v) is 9.41. The van der Waals surface area contributed by atoms with E-state index in [1.807, 2.05) is 37.3 Å². The molecule has 1 aromatic carbocycles. The molecule has 0 bridgehead atoms. The lowest BCUT2D eigenvalue weighted by atomic mass is 10.2. The van der Waals surface area contributed by atoms with Gasteiger partial charge in [0.25, 0.3) is 0 Å². The van der Waals surface area contributed by atoms with Crippen molar-refractivity contribution in [3.63, 3.8) is 0 Å². The molecular weight excluding hydrogens is 398 g/mol. The molecule has 0 saturated carbocycles. The number of aromatic nitrogens is 3. The Kier molecular flexibility index (Phi) is 5.14. The minimum absolute atomic E-state index is 0.548. The van der Waals surface area contributed by atoms with Crippen LogP contribution in [0, 0.1) is 6.92 Å². The van der Waals surface area contributed by atoms with Crippen molar-refractivity contribution in [2.24, 2.45) is 0 Å². The highest BCUT2D eigenvalue weighted by Gasteiger charge is 2.20. The Morgan fingerprint density at radius 2 is 1.77 bits per heavy atom. The van der Waals surface area contributed by atoms with Crippen LogP contribution in [-0.4, -0.2) is 51.3 Å². The monoisotopic (exact) mass is 417 g/mol. The predicted molar refractivity (Wildman–Crippen MR) is 99.2 cm³/mol. The molecule has 8 heteroatoms. The van der Waals surface area contributed by atoms with Crippen LogP contribution in [-0.2, 0) is 13.1 Å². The predicted octanol–water partition coefficient (Wildman–Crippen LogP) is 3.11. The van der Waals surface area contributed by atoms with Crippen molar-refractivity contribution in [3.8, 4) is 11.5 Å². The fourth-order valence-electron chi connectivity index (χ4n) is 3.07. The summed E-state index contributed by atoms with van der Waals surface area (Å²) in [7, 11) is 0. The molecule has 0 atom stereocenters. The van der Waals surface area contributed by atoms with Gasteiger partial charge in [-0.1, -0.05) is 17.3 Å². The van der Waals surface area contributed by atoms with Crippen molar-refractivity contribution in [2.75, 3.05) is 26.2 Å². The van der Waals surface area contributed by atoms with Gasteiger partial charge >= 0.3 is 0 Å². The van der Waals surface area contributed by atoms with E-state index in [0.717, 1.165) is 54.2 Å². The van der Waals surface area contributed by atoms with Crippen molar-refractivity contribution in [2.45, 2.75) is 20.0 Å². The second kappa shape index (κ2) is 7.69. The summed E-state index contributed by atoms with van der Waals surface area (Å²) in [6.07, 6.45) is 0. The summed E-state index contributed by atoms with van der Waals surface area (Å²) < 4.78 is 12.1. The largest absolute Gasteiger partial charge is 0.419 e. The van der Waals surface area contributed by atoms with Gasteiger partial charge in [0.15, 0.2) is 5.76 Å². The fourth-order valence-corrected chi connectivity index (χ4v) is 3.52. The lowest BCUT2D eigenvalue weighted by Gasteiger charge is -2.33. The smallest absolute Gasteiger partial charge is 0.248 e. The lowest BCUT2D eigenvalue weighted by molar-refractivity contribution is 0.107. The highest BCUT2D eigenvalue weighted by atomic mass is 79.9. The van der Waals surface area contributed by atoms with Crippen LogP contribution < -0.4 is 0 Å². The van der Waals surface area contributed by atoms with Gasteiger partial charge in [0, 0.05) is 36.7 Å². The zero-order valence-corrected chi connectivity index (χ0v) is 16.1. The minimum Gasteiger partial charge on any atom is -0.419 e. The Morgan fingerprint density at radius 3 is 2.46 bits per heavy atom. The van der Waals surface area contributed by atoms with Gasteiger partial charge in [-0.3, -0.25) is 9.80 Å². The molecule has 1 aliphatic heterocycles. The van der Waals surface area contributed by atoms with E-state index >= 15 is 0 Å². The van der Waals surface area contributed by atoms with E-state index in [1.54, 1.807) is 0 Å². The van der Waals surface area contributed by atoms with Crippen LogP contribution in [0.3, 0.4) is 0 Å². The summed E-state index contributed by atoms with van der Waals surface area (Å²) in [5, 5.41) is 12.3. The third kappa shape index (κ3) is 4.03. The highest BCUT2D eigenvalue weighted by Crippen LogP contribution is 2.27. The summed E-state index contributed by atoms with van der Waals surface area (Å²) in [4.78, 5) is 4.70. The van der Waals surface area contributed by atoms with Crippen LogP contribution in [0.4, 0.5) is 0 Å².